The average Bonchev–Trinajstić information content (AvgIpc) is 4.00. The highest BCUT2D eigenvalue weighted by molar-refractivity contribution is 6.26. The molecule has 0 N–H and O–H groups in total. The number of fused-ring (bicyclic) bond motifs is 14. The summed E-state index contributed by atoms with van der Waals surface area (Å²) in [4.78, 5) is 0. The fourth-order valence-electron chi connectivity index (χ4n) is 9.04. The lowest BCUT2D eigenvalue weighted by Gasteiger charge is -2.19. The highest BCUT2D eigenvalue weighted by Gasteiger charge is 2.26. The maximum Gasteiger partial charge on any atom is 0.137 e. The summed E-state index contributed by atoms with van der Waals surface area (Å²) >= 11 is 0. The van der Waals surface area contributed by atoms with E-state index in [0.717, 1.165) is 110 Å². The van der Waals surface area contributed by atoms with Gasteiger partial charge in [0.2, 0.25) is 0 Å². The van der Waals surface area contributed by atoms with Gasteiger partial charge in [0.1, 0.15) is 34.0 Å². The molecule has 6 heteroatoms. The minimum Gasteiger partial charge on any atom is -0.456 e. The number of nitrogens with zero attached hydrogens (tertiary/aromatic N) is 4. The van der Waals surface area contributed by atoms with Gasteiger partial charge in [-0.1, -0.05) is 84.9 Å². The van der Waals surface area contributed by atoms with Crippen LogP contribution < -0.4 is 0 Å². The van der Waals surface area contributed by atoms with Crippen LogP contribution in [-0.4, -0.2) is 9.13 Å². The van der Waals surface area contributed by atoms with Crippen LogP contribution in [0.4, 0.5) is 0 Å². The first-order chi connectivity index (χ1) is 27.7. The summed E-state index contributed by atoms with van der Waals surface area (Å²) in [6, 6.07) is 58.2. The van der Waals surface area contributed by atoms with Crippen molar-refractivity contribution in [1.29, 1.82) is 10.5 Å². The van der Waals surface area contributed by atoms with Crippen molar-refractivity contribution >= 4 is 87.5 Å². The molecule has 0 aliphatic rings. The Morgan fingerprint density at radius 1 is 0.393 bits per heavy atom. The van der Waals surface area contributed by atoms with E-state index in [4.69, 9.17) is 8.83 Å². The lowest BCUT2D eigenvalue weighted by atomic mass is 9.98. The second-order valence-electron chi connectivity index (χ2n) is 14.3. The molecule has 0 aliphatic heterocycles. The van der Waals surface area contributed by atoms with E-state index in [-0.39, 0.29) is 0 Å². The summed E-state index contributed by atoms with van der Waals surface area (Å²) in [5.74, 6) is 0. The van der Waals surface area contributed by atoms with E-state index in [1.165, 1.54) is 0 Å². The number of aromatic nitrogens is 2. The Labute approximate surface area is 318 Å². The molecule has 0 spiro atoms. The first-order valence-corrected chi connectivity index (χ1v) is 18.5. The molecule has 12 rings (SSSR count). The second-order valence-corrected chi connectivity index (χ2v) is 14.3. The molecule has 8 aromatic carbocycles. The lowest BCUT2D eigenvalue weighted by Crippen LogP contribution is -2.05. The molecular weight excluding hydrogens is 689 g/mol. The number of furan rings is 2. The van der Waals surface area contributed by atoms with Crippen molar-refractivity contribution in [1.82, 2.24) is 9.13 Å². The van der Waals surface area contributed by atoms with Gasteiger partial charge in [0.15, 0.2) is 0 Å². The normalized spacial score (nSPS) is 11.9. The van der Waals surface area contributed by atoms with Gasteiger partial charge in [0, 0.05) is 32.3 Å². The number of hydrogen-bond donors (Lipinski definition) is 0. The summed E-state index contributed by atoms with van der Waals surface area (Å²) in [7, 11) is 0. The first-order valence-electron chi connectivity index (χ1n) is 18.5. The van der Waals surface area contributed by atoms with Crippen LogP contribution in [0.1, 0.15) is 11.1 Å². The van der Waals surface area contributed by atoms with Crippen LogP contribution >= 0.6 is 0 Å². The van der Waals surface area contributed by atoms with E-state index in [1.54, 1.807) is 0 Å². The molecule has 0 radical (unpaired) electrons. The molecule has 0 saturated carbocycles. The molecule has 4 aromatic heterocycles. The van der Waals surface area contributed by atoms with Gasteiger partial charge in [-0.05, 0) is 83.9 Å². The molecule has 0 aliphatic carbocycles. The standard InChI is InChI=1S/C50H26N4O2/c51-27-29-10-9-11-30(24-29)31-25-41(53-39-16-5-1-12-32(39)34-20-22-45-47(49(34)53)36-14-3-7-18-43(36)55-45)38(28-52)42(26-31)54-40-17-6-2-13-33(40)35-21-23-46-48(50(35)54)37-15-4-8-19-44(37)56-46/h1-26H. The van der Waals surface area contributed by atoms with Crippen molar-refractivity contribution in [3.8, 4) is 34.6 Å². The van der Waals surface area contributed by atoms with Gasteiger partial charge < -0.3 is 18.0 Å². The zero-order valence-corrected chi connectivity index (χ0v) is 29.6. The van der Waals surface area contributed by atoms with Crippen molar-refractivity contribution in [2.45, 2.75) is 0 Å². The zero-order chi connectivity index (χ0) is 37.1. The summed E-state index contributed by atoms with van der Waals surface area (Å²) in [6.07, 6.45) is 0. The SMILES string of the molecule is N#Cc1cccc(-c2cc(-n3c4ccccc4c4ccc5oc6ccccc6c5c43)c(C#N)c(-n3c4ccccc4c4ccc5oc6ccccc6c5c43)c2)c1. The third kappa shape index (κ3) is 4.02. The Balaban J connectivity index is 1.32. The molecule has 56 heavy (non-hydrogen) atoms. The van der Waals surface area contributed by atoms with Crippen molar-refractivity contribution in [3.05, 3.63) is 169 Å². The average molecular weight is 715 g/mol. The van der Waals surface area contributed by atoms with Crippen LogP contribution in [0.5, 0.6) is 0 Å². The Morgan fingerprint density at radius 3 is 1.41 bits per heavy atom. The number of rotatable bonds is 3. The fourth-order valence-corrected chi connectivity index (χ4v) is 9.04. The zero-order valence-electron chi connectivity index (χ0n) is 29.6. The Hall–Kier alpha value is -8.06. The van der Waals surface area contributed by atoms with Crippen LogP contribution in [0, 0.1) is 22.7 Å². The summed E-state index contributed by atoms with van der Waals surface area (Å²) in [5.41, 5.74) is 11.3. The van der Waals surface area contributed by atoms with Crippen LogP contribution in [0.15, 0.2) is 167 Å². The quantitative estimate of drug-likeness (QED) is 0.182. The predicted molar refractivity (Wildman–Crippen MR) is 225 cm³/mol. The highest BCUT2D eigenvalue weighted by atomic mass is 16.3. The van der Waals surface area contributed by atoms with Crippen LogP contribution in [0.2, 0.25) is 0 Å². The Kier molecular flexibility index (Phi) is 6.10. The minimum absolute atomic E-state index is 0.505. The molecule has 0 atom stereocenters. The highest BCUT2D eigenvalue weighted by Crippen LogP contribution is 2.45. The van der Waals surface area contributed by atoms with E-state index >= 15 is 0 Å². The maximum atomic E-state index is 11.6. The topological polar surface area (TPSA) is 83.7 Å². The molecule has 0 fully saturated rings. The van der Waals surface area contributed by atoms with Gasteiger partial charge in [-0.3, -0.25) is 0 Å². The Bertz CT molecular complexity index is 3540. The fraction of sp³-hybridized carbons (Fsp3) is 0. The van der Waals surface area contributed by atoms with Crippen molar-refractivity contribution < 1.29 is 8.83 Å². The van der Waals surface area contributed by atoms with E-state index < -0.39 is 0 Å². The van der Waals surface area contributed by atoms with Crippen molar-refractivity contribution in [2.75, 3.05) is 0 Å². The molecule has 258 valence electrons. The number of para-hydroxylation sites is 4. The minimum atomic E-state index is 0.505. The molecule has 0 saturated heterocycles. The molecule has 0 unspecified atom stereocenters. The van der Waals surface area contributed by atoms with E-state index in [1.807, 2.05) is 84.9 Å². The van der Waals surface area contributed by atoms with Crippen LogP contribution in [-0.2, 0) is 0 Å². The maximum absolute atomic E-state index is 11.6. The first kappa shape index (κ1) is 30.4. The molecule has 4 heterocycles. The van der Waals surface area contributed by atoms with Gasteiger partial charge in [-0.2, -0.15) is 10.5 Å². The van der Waals surface area contributed by atoms with Gasteiger partial charge in [-0.25, -0.2) is 0 Å². The largest absolute Gasteiger partial charge is 0.456 e. The second kappa shape index (κ2) is 11.2. The Morgan fingerprint density at radius 2 is 0.893 bits per heavy atom. The number of nitriles is 2. The summed E-state index contributed by atoms with van der Waals surface area (Å²) < 4.78 is 17.4. The molecule has 6 nitrogen and oxygen atoms in total. The molecule has 12 aromatic rings. The third-order valence-electron chi connectivity index (χ3n) is 11.4. The van der Waals surface area contributed by atoms with E-state index in [0.29, 0.717) is 11.1 Å². The summed E-state index contributed by atoms with van der Waals surface area (Å²) in [5, 5.41) is 29.8. The number of benzene rings is 8. The van der Waals surface area contributed by atoms with Crippen molar-refractivity contribution in [2.24, 2.45) is 0 Å². The summed E-state index contributed by atoms with van der Waals surface area (Å²) in [6.45, 7) is 0. The molecular formula is C50H26N4O2. The van der Waals surface area contributed by atoms with E-state index in [2.05, 4.69) is 94.1 Å². The van der Waals surface area contributed by atoms with Gasteiger partial charge in [0.25, 0.3) is 0 Å². The van der Waals surface area contributed by atoms with Gasteiger partial charge in [0.05, 0.1) is 55.8 Å². The molecule has 0 amide bonds. The van der Waals surface area contributed by atoms with Crippen LogP contribution in [0.25, 0.3) is 110 Å². The van der Waals surface area contributed by atoms with Gasteiger partial charge in [-0.15, -0.1) is 0 Å². The smallest absolute Gasteiger partial charge is 0.137 e. The monoisotopic (exact) mass is 714 g/mol. The van der Waals surface area contributed by atoms with E-state index in [9.17, 15) is 10.5 Å². The molecule has 0 bridgehead atoms. The van der Waals surface area contributed by atoms with Gasteiger partial charge >= 0.3 is 0 Å². The predicted octanol–water partition coefficient (Wildman–Crippen LogP) is 13.1. The van der Waals surface area contributed by atoms with Crippen LogP contribution in [0.3, 0.4) is 0 Å². The van der Waals surface area contributed by atoms with Crippen molar-refractivity contribution in [3.63, 3.8) is 0 Å². The third-order valence-corrected chi connectivity index (χ3v) is 11.4. The number of hydrogen-bond acceptors (Lipinski definition) is 4. The lowest BCUT2D eigenvalue weighted by molar-refractivity contribution is 0.669.